The average molecular weight is 277 g/mol. The highest BCUT2D eigenvalue weighted by Gasteiger charge is 2.26. The molecular weight excluding hydrogens is 262 g/mol. The lowest BCUT2D eigenvalue weighted by Crippen LogP contribution is -2.37. The summed E-state index contributed by atoms with van der Waals surface area (Å²) in [6.07, 6.45) is 0.425. The van der Waals surface area contributed by atoms with Gasteiger partial charge in [-0.2, -0.15) is 0 Å². The summed E-state index contributed by atoms with van der Waals surface area (Å²) in [5.41, 5.74) is 8.47. The van der Waals surface area contributed by atoms with Crippen LogP contribution in [0.5, 0.6) is 0 Å². The first-order chi connectivity index (χ1) is 9.69. The van der Waals surface area contributed by atoms with Crippen LogP contribution >= 0.6 is 0 Å². The topological polar surface area (TPSA) is 107 Å². The number of nitrogens with one attached hydrogen (secondary N) is 1. The second kappa shape index (κ2) is 4.87. The zero-order valence-corrected chi connectivity index (χ0v) is 11.0. The molecule has 2 aromatic rings. The molecule has 0 radical (unpaired) electrons. The first-order valence-corrected chi connectivity index (χ1v) is 6.29. The van der Waals surface area contributed by atoms with Gasteiger partial charge in [-0.3, -0.25) is 0 Å². The third-order valence-corrected chi connectivity index (χ3v) is 3.46. The molecule has 0 spiro atoms. The van der Waals surface area contributed by atoms with Crippen molar-refractivity contribution in [3.05, 3.63) is 12.1 Å². The molecule has 3 rings (SSSR count). The van der Waals surface area contributed by atoms with Crippen LogP contribution in [0.3, 0.4) is 0 Å². The van der Waals surface area contributed by atoms with E-state index in [1.165, 1.54) is 7.11 Å². The smallest absolute Gasteiger partial charge is 0.407 e. The SMILES string of the molecule is COC(=O)NC1CCN(c2ccc(N)c3nonc23)C1. The van der Waals surface area contributed by atoms with Crippen molar-refractivity contribution in [2.75, 3.05) is 30.8 Å². The number of ether oxygens (including phenoxy) is 1. The van der Waals surface area contributed by atoms with Crippen molar-refractivity contribution in [2.24, 2.45) is 0 Å². The minimum atomic E-state index is -0.414. The largest absolute Gasteiger partial charge is 0.453 e. The number of benzene rings is 1. The van der Waals surface area contributed by atoms with Gasteiger partial charge in [0.25, 0.3) is 0 Å². The molecule has 0 bridgehead atoms. The van der Waals surface area contributed by atoms with Crippen LogP contribution in [0.2, 0.25) is 0 Å². The number of nitrogens with zero attached hydrogens (tertiary/aromatic N) is 3. The maximum Gasteiger partial charge on any atom is 0.407 e. The van der Waals surface area contributed by atoms with Gasteiger partial charge < -0.3 is 20.7 Å². The highest BCUT2D eigenvalue weighted by molar-refractivity contribution is 5.95. The van der Waals surface area contributed by atoms with Crippen LogP contribution in [0.15, 0.2) is 16.8 Å². The van der Waals surface area contributed by atoms with E-state index in [4.69, 9.17) is 10.4 Å². The molecule has 1 aliphatic rings. The molecule has 8 heteroatoms. The summed E-state index contributed by atoms with van der Waals surface area (Å²) < 4.78 is 9.36. The summed E-state index contributed by atoms with van der Waals surface area (Å²) in [6, 6.07) is 3.72. The molecule has 1 aromatic heterocycles. The van der Waals surface area contributed by atoms with Crippen LogP contribution in [0, 0.1) is 0 Å². The highest BCUT2D eigenvalue weighted by atomic mass is 16.6. The number of carbonyl (C=O) groups excluding carboxylic acids is 1. The summed E-state index contributed by atoms with van der Waals surface area (Å²) >= 11 is 0. The number of alkyl carbamates (subject to hydrolysis) is 1. The quantitative estimate of drug-likeness (QED) is 0.779. The van der Waals surface area contributed by atoms with Crippen LogP contribution in [-0.2, 0) is 4.74 Å². The molecule has 1 saturated heterocycles. The average Bonchev–Trinajstić information content (AvgIpc) is 3.08. The van der Waals surface area contributed by atoms with E-state index in [0.29, 0.717) is 23.3 Å². The lowest BCUT2D eigenvalue weighted by molar-refractivity contribution is 0.167. The van der Waals surface area contributed by atoms with Crippen LogP contribution < -0.4 is 16.0 Å². The zero-order chi connectivity index (χ0) is 14.1. The fraction of sp³-hybridized carbons (Fsp3) is 0.417. The van der Waals surface area contributed by atoms with Gasteiger partial charge in [0.1, 0.15) is 0 Å². The van der Waals surface area contributed by atoms with E-state index >= 15 is 0 Å². The van der Waals surface area contributed by atoms with Gasteiger partial charge in [0.15, 0.2) is 11.0 Å². The second-order valence-electron chi connectivity index (χ2n) is 4.70. The van der Waals surface area contributed by atoms with Crippen LogP contribution in [0.4, 0.5) is 16.2 Å². The molecular formula is C12H15N5O3. The number of hydrogen-bond donors (Lipinski definition) is 2. The lowest BCUT2D eigenvalue weighted by Gasteiger charge is -2.19. The highest BCUT2D eigenvalue weighted by Crippen LogP contribution is 2.30. The Balaban J connectivity index is 1.81. The summed E-state index contributed by atoms with van der Waals surface area (Å²) in [5, 5.41) is 10.5. The predicted octanol–water partition coefficient (Wildman–Crippen LogP) is 0.740. The van der Waals surface area contributed by atoms with Crippen LogP contribution in [0.1, 0.15) is 6.42 Å². The molecule has 20 heavy (non-hydrogen) atoms. The number of amides is 1. The van der Waals surface area contributed by atoms with Crippen molar-refractivity contribution >= 4 is 28.5 Å². The lowest BCUT2D eigenvalue weighted by atomic mass is 10.2. The molecule has 106 valence electrons. The number of nitrogen functional groups attached to an aromatic ring is 1. The number of aromatic nitrogens is 2. The normalized spacial score (nSPS) is 18.4. The number of rotatable bonds is 2. The Labute approximate surface area is 114 Å². The Bertz CT molecular complexity index is 641. The van der Waals surface area contributed by atoms with Crippen LogP contribution in [-0.4, -0.2) is 42.6 Å². The van der Waals surface area contributed by atoms with E-state index in [-0.39, 0.29) is 6.04 Å². The summed E-state index contributed by atoms with van der Waals surface area (Å²) in [4.78, 5) is 13.3. The minimum absolute atomic E-state index is 0.0508. The minimum Gasteiger partial charge on any atom is -0.453 e. The van der Waals surface area contributed by atoms with Gasteiger partial charge in [-0.25, -0.2) is 9.42 Å². The van der Waals surface area contributed by atoms with Crippen molar-refractivity contribution in [1.29, 1.82) is 0 Å². The molecule has 3 N–H and O–H groups in total. The van der Waals surface area contributed by atoms with E-state index in [0.717, 1.165) is 18.7 Å². The number of hydrogen-bond acceptors (Lipinski definition) is 7. The van der Waals surface area contributed by atoms with E-state index in [1.807, 2.05) is 6.07 Å². The van der Waals surface area contributed by atoms with Crippen molar-refractivity contribution in [3.8, 4) is 0 Å². The third-order valence-electron chi connectivity index (χ3n) is 3.46. The molecule has 1 amide bonds. The molecule has 2 heterocycles. The van der Waals surface area contributed by atoms with Gasteiger partial charge in [0.2, 0.25) is 0 Å². The Morgan fingerprint density at radius 1 is 1.50 bits per heavy atom. The molecule has 8 nitrogen and oxygen atoms in total. The number of carbonyl (C=O) groups is 1. The fourth-order valence-corrected chi connectivity index (χ4v) is 2.45. The first kappa shape index (κ1) is 12.5. The number of nitrogens with two attached hydrogens (primary N) is 1. The monoisotopic (exact) mass is 277 g/mol. The Morgan fingerprint density at radius 2 is 2.30 bits per heavy atom. The molecule has 1 unspecified atom stereocenters. The summed E-state index contributed by atoms with van der Waals surface area (Å²) in [6.45, 7) is 1.49. The van der Waals surface area contributed by atoms with Gasteiger partial charge >= 0.3 is 6.09 Å². The van der Waals surface area contributed by atoms with Crippen molar-refractivity contribution in [2.45, 2.75) is 12.5 Å². The van der Waals surface area contributed by atoms with Crippen molar-refractivity contribution in [3.63, 3.8) is 0 Å². The first-order valence-electron chi connectivity index (χ1n) is 6.29. The Hall–Kier alpha value is -2.51. The summed E-state index contributed by atoms with van der Waals surface area (Å²) in [7, 11) is 1.35. The van der Waals surface area contributed by atoms with Crippen molar-refractivity contribution in [1.82, 2.24) is 15.6 Å². The van der Waals surface area contributed by atoms with E-state index in [2.05, 4.69) is 25.3 Å². The third kappa shape index (κ3) is 2.09. The molecule has 0 saturated carbocycles. The Kier molecular flexibility index (Phi) is 3.05. The van der Waals surface area contributed by atoms with E-state index in [9.17, 15) is 4.79 Å². The second-order valence-corrected chi connectivity index (χ2v) is 4.70. The number of methoxy groups -OCH3 is 1. The molecule has 1 fully saturated rings. The molecule has 1 aromatic carbocycles. The Morgan fingerprint density at radius 3 is 3.10 bits per heavy atom. The predicted molar refractivity (Wildman–Crippen MR) is 72.4 cm³/mol. The zero-order valence-electron chi connectivity index (χ0n) is 11.0. The van der Waals surface area contributed by atoms with Gasteiger partial charge in [-0.1, -0.05) is 0 Å². The molecule has 0 aliphatic carbocycles. The maximum atomic E-state index is 11.2. The van der Waals surface area contributed by atoms with Gasteiger partial charge in [-0.05, 0) is 28.9 Å². The van der Waals surface area contributed by atoms with Crippen LogP contribution in [0.25, 0.3) is 11.0 Å². The van der Waals surface area contributed by atoms with Gasteiger partial charge in [0, 0.05) is 13.1 Å². The maximum absolute atomic E-state index is 11.2. The van der Waals surface area contributed by atoms with E-state index < -0.39 is 6.09 Å². The standard InChI is InChI=1S/C12H15N5O3/c1-19-12(18)14-7-4-5-17(6-7)9-3-2-8(13)10-11(9)16-20-15-10/h2-3,7H,4-6,13H2,1H3,(H,14,18). The van der Waals surface area contributed by atoms with E-state index in [1.54, 1.807) is 6.07 Å². The number of fused-ring (bicyclic) bond motifs is 1. The van der Waals surface area contributed by atoms with Crippen molar-refractivity contribution < 1.29 is 14.2 Å². The molecule has 1 atom stereocenters. The molecule has 1 aliphatic heterocycles. The van der Waals surface area contributed by atoms with Gasteiger partial charge in [0.05, 0.1) is 24.5 Å². The fourth-order valence-electron chi connectivity index (χ4n) is 2.45. The number of anilines is 2. The van der Waals surface area contributed by atoms with Gasteiger partial charge in [-0.15, -0.1) is 0 Å². The summed E-state index contributed by atoms with van der Waals surface area (Å²) in [5.74, 6) is 0.